The molecule has 2 aromatic rings. The fourth-order valence-electron chi connectivity index (χ4n) is 1.82. The highest BCUT2D eigenvalue weighted by atomic mass is 35.5. The lowest BCUT2D eigenvalue weighted by atomic mass is 9.91. The highest BCUT2D eigenvalue weighted by Gasteiger charge is 2.25. The summed E-state index contributed by atoms with van der Waals surface area (Å²) in [6.07, 6.45) is 0. The minimum Gasteiger partial charge on any atom is -0.292 e. The fourth-order valence-corrected chi connectivity index (χ4v) is 2.02. The number of halogens is 3. The molecular weight excluding hydrogens is 284 g/mol. The Morgan fingerprint density at radius 3 is 2.55 bits per heavy atom. The van der Waals surface area contributed by atoms with Gasteiger partial charge in [-0.15, -0.1) is 0 Å². The van der Waals surface area contributed by atoms with Crippen molar-refractivity contribution in [3.05, 3.63) is 70.2 Å². The highest BCUT2D eigenvalue weighted by Crippen LogP contribution is 2.25. The quantitative estimate of drug-likeness (QED) is 0.799. The maximum Gasteiger partial charge on any atom is 0.187 e. The van der Waals surface area contributed by atoms with Crippen LogP contribution in [-0.4, -0.2) is 5.78 Å². The van der Waals surface area contributed by atoms with E-state index in [1.165, 1.54) is 18.2 Å². The van der Waals surface area contributed by atoms with E-state index in [0.717, 1.165) is 12.1 Å². The number of hydrogen-bond donors (Lipinski definition) is 0. The Labute approximate surface area is 119 Å². The second-order valence-electron chi connectivity index (χ2n) is 4.08. The number of carbonyl (C=O) groups excluding carboxylic acids is 1. The van der Waals surface area contributed by atoms with E-state index >= 15 is 0 Å². The van der Waals surface area contributed by atoms with Gasteiger partial charge in [0.25, 0.3) is 0 Å². The van der Waals surface area contributed by atoms with E-state index in [1.54, 1.807) is 18.2 Å². The monoisotopic (exact) mass is 291 g/mol. The Balaban J connectivity index is 2.45. The molecule has 0 aliphatic carbocycles. The van der Waals surface area contributed by atoms with Crippen molar-refractivity contribution in [3.8, 4) is 6.07 Å². The number of carbonyl (C=O) groups is 1. The summed E-state index contributed by atoms with van der Waals surface area (Å²) in [4.78, 5) is 12.2. The van der Waals surface area contributed by atoms with Crippen molar-refractivity contribution < 1.29 is 13.6 Å². The molecule has 5 heteroatoms. The van der Waals surface area contributed by atoms with Crippen LogP contribution in [0, 0.1) is 23.0 Å². The molecule has 0 N–H and O–H groups in total. The van der Waals surface area contributed by atoms with Crippen LogP contribution in [0.25, 0.3) is 0 Å². The van der Waals surface area contributed by atoms with Gasteiger partial charge >= 0.3 is 0 Å². The number of benzene rings is 2. The van der Waals surface area contributed by atoms with E-state index in [4.69, 9.17) is 16.9 Å². The van der Waals surface area contributed by atoms with Gasteiger partial charge in [0, 0.05) is 5.02 Å². The Morgan fingerprint density at radius 2 is 1.90 bits per heavy atom. The number of rotatable bonds is 3. The summed E-state index contributed by atoms with van der Waals surface area (Å²) in [5.74, 6) is -4.41. The van der Waals surface area contributed by atoms with Crippen molar-refractivity contribution in [2.45, 2.75) is 5.92 Å². The van der Waals surface area contributed by atoms with Crippen molar-refractivity contribution in [1.82, 2.24) is 0 Å². The maximum atomic E-state index is 13.6. The molecule has 1 unspecified atom stereocenters. The molecule has 0 bridgehead atoms. The fraction of sp³-hybridized carbons (Fsp3) is 0.0667. The molecule has 0 aliphatic rings. The van der Waals surface area contributed by atoms with Crippen LogP contribution in [0.5, 0.6) is 0 Å². The number of nitriles is 1. The summed E-state index contributed by atoms with van der Waals surface area (Å²) < 4.78 is 26.8. The summed E-state index contributed by atoms with van der Waals surface area (Å²) in [5, 5.41) is 9.49. The van der Waals surface area contributed by atoms with E-state index in [9.17, 15) is 13.6 Å². The van der Waals surface area contributed by atoms with E-state index in [-0.39, 0.29) is 0 Å². The average molecular weight is 292 g/mol. The molecule has 0 saturated carbocycles. The van der Waals surface area contributed by atoms with Gasteiger partial charge in [-0.05, 0) is 29.8 Å². The molecule has 2 aromatic carbocycles. The molecule has 20 heavy (non-hydrogen) atoms. The van der Waals surface area contributed by atoms with Crippen LogP contribution >= 0.6 is 11.6 Å². The van der Waals surface area contributed by atoms with Crippen LogP contribution in [-0.2, 0) is 0 Å². The molecule has 0 aromatic heterocycles. The van der Waals surface area contributed by atoms with Crippen molar-refractivity contribution in [2.75, 3.05) is 0 Å². The van der Waals surface area contributed by atoms with Crippen LogP contribution in [0.15, 0.2) is 42.5 Å². The first-order valence-electron chi connectivity index (χ1n) is 5.68. The van der Waals surface area contributed by atoms with E-state index < -0.39 is 28.9 Å². The van der Waals surface area contributed by atoms with Gasteiger partial charge in [-0.2, -0.15) is 5.26 Å². The molecule has 0 amide bonds. The van der Waals surface area contributed by atoms with Crippen LogP contribution < -0.4 is 0 Å². The summed E-state index contributed by atoms with van der Waals surface area (Å²) in [5.41, 5.74) is -0.106. The molecule has 2 rings (SSSR count). The molecule has 1 atom stereocenters. The molecular formula is C15H8ClF2NO. The average Bonchev–Trinajstić information content (AvgIpc) is 2.42. The summed E-state index contributed by atoms with van der Waals surface area (Å²) in [6.45, 7) is 0. The molecule has 0 saturated heterocycles. The lowest BCUT2D eigenvalue weighted by Gasteiger charge is -2.10. The zero-order valence-electron chi connectivity index (χ0n) is 10.1. The van der Waals surface area contributed by atoms with Gasteiger partial charge in [-0.3, -0.25) is 4.79 Å². The van der Waals surface area contributed by atoms with Crippen molar-refractivity contribution >= 4 is 17.4 Å². The molecule has 0 aliphatic heterocycles. The van der Waals surface area contributed by atoms with Crippen LogP contribution in [0.1, 0.15) is 21.8 Å². The lowest BCUT2D eigenvalue weighted by Crippen LogP contribution is -2.13. The molecule has 0 fully saturated rings. The molecule has 100 valence electrons. The second kappa shape index (κ2) is 5.81. The molecule has 0 spiro atoms. The van der Waals surface area contributed by atoms with E-state index in [0.29, 0.717) is 10.6 Å². The first-order valence-corrected chi connectivity index (χ1v) is 6.05. The van der Waals surface area contributed by atoms with Gasteiger partial charge in [-0.1, -0.05) is 29.8 Å². The van der Waals surface area contributed by atoms with E-state index in [2.05, 4.69) is 0 Å². The topological polar surface area (TPSA) is 40.9 Å². The number of hydrogen-bond acceptors (Lipinski definition) is 2. The minimum atomic E-state index is -1.25. The third kappa shape index (κ3) is 2.68. The predicted octanol–water partition coefficient (Wildman–Crippen LogP) is 4.11. The maximum absolute atomic E-state index is 13.6. The lowest BCUT2D eigenvalue weighted by molar-refractivity contribution is 0.0974. The third-order valence-corrected chi connectivity index (χ3v) is 3.03. The zero-order valence-corrected chi connectivity index (χ0v) is 10.9. The normalized spacial score (nSPS) is 11.7. The Bertz CT molecular complexity index is 709. The van der Waals surface area contributed by atoms with Crippen LogP contribution in [0.3, 0.4) is 0 Å². The third-order valence-electron chi connectivity index (χ3n) is 2.79. The first-order chi connectivity index (χ1) is 9.54. The van der Waals surface area contributed by atoms with Gasteiger partial charge in [0.1, 0.15) is 5.92 Å². The summed E-state index contributed by atoms with van der Waals surface area (Å²) in [6, 6.07) is 11.2. The number of ketones is 1. The van der Waals surface area contributed by atoms with Gasteiger partial charge in [-0.25, -0.2) is 8.78 Å². The van der Waals surface area contributed by atoms with Gasteiger partial charge in [0.15, 0.2) is 17.4 Å². The second-order valence-corrected chi connectivity index (χ2v) is 4.52. The Morgan fingerprint density at radius 1 is 1.20 bits per heavy atom. The number of Topliss-reactive ketones (excluding diaryl/α,β-unsaturated/α-hetero) is 1. The SMILES string of the molecule is N#CC(C(=O)c1cccc(F)c1F)c1cccc(Cl)c1. The largest absolute Gasteiger partial charge is 0.292 e. The van der Waals surface area contributed by atoms with Crippen molar-refractivity contribution in [1.29, 1.82) is 5.26 Å². The van der Waals surface area contributed by atoms with Gasteiger partial charge in [0.2, 0.25) is 0 Å². The molecule has 2 nitrogen and oxygen atoms in total. The predicted molar refractivity (Wildman–Crippen MR) is 70.5 cm³/mol. The smallest absolute Gasteiger partial charge is 0.187 e. The Hall–Kier alpha value is -2.25. The standard InChI is InChI=1S/C15H8ClF2NO/c16-10-4-1-3-9(7-10)12(8-19)15(20)11-5-2-6-13(17)14(11)18/h1-7,12H. The highest BCUT2D eigenvalue weighted by molar-refractivity contribution is 6.30. The summed E-state index contributed by atoms with van der Waals surface area (Å²) in [7, 11) is 0. The van der Waals surface area contributed by atoms with Gasteiger partial charge < -0.3 is 0 Å². The van der Waals surface area contributed by atoms with Crippen LogP contribution in [0.4, 0.5) is 8.78 Å². The Kier molecular flexibility index (Phi) is 4.11. The minimum absolute atomic E-state index is 0.341. The van der Waals surface area contributed by atoms with Crippen LogP contribution in [0.2, 0.25) is 5.02 Å². The summed E-state index contributed by atoms with van der Waals surface area (Å²) >= 11 is 5.80. The van der Waals surface area contributed by atoms with E-state index in [1.807, 2.05) is 0 Å². The van der Waals surface area contributed by atoms with Crippen molar-refractivity contribution in [3.63, 3.8) is 0 Å². The molecule has 0 radical (unpaired) electrons. The zero-order chi connectivity index (χ0) is 14.7. The van der Waals surface area contributed by atoms with Gasteiger partial charge in [0.05, 0.1) is 11.6 Å². The molecule has 0 heterocycles. The number of nitrogens with zero attached hydrogens (tertiary/aromatic N) is 1. The first kappa shape index (κ1) is 14.2. The van der Waals surface area contributed by atoms with Crippen molar-refractivity contribution in [2.24, 2.45) is 0 Å².